The highest BCUT2D eigenvalue weighted by molar-refractivity contribution is 5.72. The Labute approximate surface area is 153 Å². The molecule has 0 radical (unpaired) electrons. The molecule has 26 heavy (non-hydrogen) atoms. The van der Waals surface area contributed by atoms with Crippen LogP contribution in [0.2, 0.25) is 0 Å². The molecule has 130 valence electrons. The maximum absolute atomic E-state index is 4.74. The van der Waals surface area contributed by atoms with Gasteiger partial charge in [-0.05, 0) is 48.7 Å². The first-order chi connectivity index (χ1) is 12.7. The highest BCUT2D eigenvalue weighted by Crippen LogP contribution is 2.27. The van der Waals surface area contributed by atoms with Gasteiger partial charge in [-0.15, -0.1) is 0 Å². The van der Waals surface area contributed by atoms with Gasteiger partial charge in [0.15, 0.2) is 0 Å². The Morgan fingerprint density at radius 1 is 1.00 bits per heavy atom. The third kappa shape index (κ3) is 3.16. The molecule has 0 aliphatic heterocycles. The van der Waals surface area contributed by atoms with Crippen LogP contribution in [0.5, 0.6) is 0 Å². The number of aryl methyl sites for hydroxylation is 2. The number of pyridine rings is 1. The van der Waals surface area contributed by atoms with Crippen molar-refractivity contribution in [3.05, 3.63) is 78.8 Å². The third-order valence-corrected chi connectivity index (χ3v) is 4.58. The normalized spacial score (nSPS) is 11.0. The molecule has 1 aromatic carbocycles. The van der Waals surface area contributed by atoms with Gasteiger partial charge in [0.25, 0.3) is 0 Å². The van der Waals surface area contributed by atoms with Crippen LogP contribution in [-0.2, 0) is 13.1 Å². The topological polar surface area (TPSA) is 48.5 Å². The van der Waals surface area contributed by atoms with Gasteiger partial charge in [0.2, 0.25) is 0 Å². The molecule has 0 aliphatic carbocycles. The van der Waals surface area contributed by atoms with E-state index in [4.69, 9.17) is 5.10 Å². The molecule has 4 rings (SSSR count). The Morgan fingerprint density at radius 2 is 1.88 bits per heavy atom. The van der Waals surface area contributed by atoms with Gasteiger partial charge in [-0.2, -0.15) is 5.10 Å². The van der Waals surface area contributed by atoms with Crippen molar-refractivity contribution in [3.8, 4) is 22.4 Å². The predicted molar refractivity (Wildman–Crippen MR) is 103 cm³/mol. The Bertz CT molecular complexity index is 1030. The van der Waals surface area contributed by atoms with Crippen LogP contribution in [-0.4, -0.2) is 24.3 Å². The summed E-state index contributed by atoms with van der Waals surface area (Å²) in [7, 11) is 0. The molecule has 0 N–H and O–H groups in total. The van der Waals surface area contributed by atoms with E-state index in [1.165, 1.54) is 16.7 Å². The van der Waals surface area contributed by atoms with E-state index < -0.39 is 0 Å². The van der Waals surface area contributed by atoms with Gasteiger partial charge in [0.05, 0.1) is 12.2 Å². The molecule has 4 aromatic rings. The van der Waals surface area contributed by atoms with E-state index in [0.29, 0.717) is 6.54 Å². The van der Waals surface area contributed by atoms with Crippen LogP contribution in [0.1, 0.15) is 18.3 Å². The lowest BCUT2D eigenvalue weighted by molar-refractivity contribution is 0.608. The van der Waals surface area contributed by atoms with E-state index in [-0.39, 0.29) is 0 Å². The number of benzene rings is 1. The minimum Gasteiger partial charge on any atom is -0.334 e. The van der Waals surface area contributed by atoms with Gasteiger partial charge in [-0.25, -0.2) is 4.98 Å². The van der Waals surface area contributed by atoms with Gasteiger partial charge < -0.3 is 4.57 Å². The van der Waals surface area contributed by atoms with E-state index in [2.05, 4.69) is 64.8 Å². The molecule has 3 heterocycles. The van der Waals surface area contributed by atoms with Crippen molar-refractivity contribution >= 4 is 0 Å². The number of nitrogens with zero attached hydrogens (tertiary/aromatic N) is 5. The van der Waals surface area contributed by atoms with Crippen LogP contribution in [0.25, 0.3) is 22.4 Å². The van der Waals surface area contributed by atoms with Gasteiger partial charge in [0, 0.05) is 43.1 Å². The molecule has 0 saturated carbocycles. The van der Waals surface area contributed by atoms with Crippen molar-refractivity contribution in [2.24, 2.45) is 0 Å². The Morgan fingerprint density at radius 3 is 2.73 bits per heavy atom. The number of imidazole rings is 1. The molecule has 0 spiro atoms. The van der Waals surface area contributed by atoms with Crippen molar-refractivity contribution in [2.75, 3.05) is 0 Å². The van der Waals surface area contributed by atoms with Gasteiger partial charge in [-0.3, -0.25) is 9.67 Å². The summed E-state index contributed by atoms with van der Waals surface area (Å²) in [5.41, 5.74) is 5.62. The van der Waals surface area contributed by atoms with Crippen molar-refractivity contribution in [2.45, 2.75) is 26.9 Å². The lowest BCUT2D eigenvalue weighted by Gasteiger charge is -2.07. The summed E-state index contributed by atoms with van der Waals surface area (Å²) >= 11 is 0. The van der Waals surface area contributed by atoms with Crippen LogP contribution < -0.4 is 0 Å². The lowest BCUT2D eigenvalue weighted by atomic mass is 10.00. The third-order valence-electron chi connectivity index (χ3n) is 4.58. The maximum Gasteiger partial charge on any atom is 0.130 e. The molecule has 0 aliphatic rings. The predicted octanol–water partition coefficient (Wildman–Crippen LogP) is 4.19. The Hall–Kier alpha value is -3.21. The average Bonchev–Trinajstić information content (AvgIpc) is 3.32. The molecule has 0 amide bonds. The number of hydrogen-bond acceptors (Lipinski definition) is 3. The number of rotatable bonds is 5. The quantitative estimate of drug-likeness (QED) is 0.546. The summed E-state index contributed by atoms with van der Waals surface area (Å²) in [6.07, 6.45) is 9.57. The van der Waals surface area contributed by atoms with Crippen LogP contribution in [0, 0.1) is 6.92 Å². The first-order valence-electron chi connectivity index (χ1n) is 8.79. The second kappa shape index (κ2) is 6.96. The van der Waals surface area contributed by atoms with Gasteiger partial charge >= 0.3 is 0 Å². The lowest BCUT2D eigenvalue weighted by Crippen LogP contribution is -2.08. The van der Waals surface area contributed by atoms with Crippen molar-refractivity contribution in [3.63, 3.8) is 0 Å². The SMILES string of the molecule is CCn1ccnc1Cn1ccc(-c2cccc(-c3ccncc3C)c2)n1. The summed E-state index contributed by atoms with van der Waals surface area (Å²) in [4.78, 5) is 8.60. The monoisotopic (exact) mass is 343 g/mol. The highest BCUT2D eigenvalue weighted by atomic mass is 15.3. The highest BCUT2D eigenvalue weighted by Gasteiger charge is 2.08. The maximum atomic E-state index is 4.74. The van der Waals surface area contributed by atoms with E-state index in [1.54, 1.807) is 0 Å². The fraction of sp³-hybridized carbons (Fsp3) is 0.190. The van der Waals surface area contributed by atoms with Crippen molar-refractivity contribution in [1.82, 2.24) is 24.3 Å². The molecule has 0 unspecified atom stereocenters. The number of aromatic nitrogens is 5. The van der Waals surface area contributed by atoms with Crippen molar-refractivity contribution in [1.29, 1.82) is 0 Å². The molecule has 0 atom stereocenters. The summed E-state index contributed by atoms with van der Waals surface area (Å²) in [5.74, 6) is 1.02. The molecule has 5 nitrogen and oxygen atoms in total. The summed E-state index contributed by atoms with van der Waals surface area (Å²) in [6, 6.07) is 12.6. The molecular weight excluding hydrogens is 322 g/mol. The van der Waals surface area contributed by atoms with Crippen LogP contribution in [0.3, 0.4) is 0 Å². The zero-order valence-corrected chi connectivity index (χ0v) is 15.0. The first kappa shape index (κ1) is 16.3. The summed E-state index contributed by atoms with van der Waals surface area (Å²) in [6.45, 7) is 5.78. The largest absolute Gasteiger partial charge is 0.334 e. The first-order valence-corrected chi connectivity index (χ1v) is 8.79. The zero-order chi connectivity index (χ0) is 17.9. The van der Waals surface area contributed by atoms with Crippen LogP contribution in [0.4, 0.5) is 0 Å². The second-order valence-corrected chi connectivity index (χ2v) is 6.30. The van der Waals surface area contributed by atoms with Gasteiger partial charge in [-0.1, -0.05) is 18.2 Å². The van der Waals surface area contributed by atoms with Crippen LogP contribution in [0.15, 0.2) is 67.4 Å². The van der Waals surface area contributed by atoms with Crippen LogP contribution >= 0.6 is 0 Å². The Kier molecular flexibility index (Phi) is 4.35. The summed E-state index contributed by atoms with van der Waals surface area (Å²) < 4.78 is 4.07. The molecule has 0 fully saturated rings. The van der Waals surface area contributed by atoms with E-state index in [0.717, 1.165) is 23.6 Å². The second-order valence-electron chi connectivity index (χ2n) is 6.30. The molecular formula is C21H21N5. The molecule has 0 saturated heterocycles. The molecule has 5 heteroatoms. The fourth-order valence-corrected chi connectivity index (χ4v) is 3.17. The molecule has 0 bridgehead atoms. The van der Waals surface area contributed by atoms with E-state index >= 15 is 0 Å². The number of hydrogen-bond donors (Lipinski definition) is 0. The standard InChI is InChI=1S/C21H21N5/c1-3-25-12-10-23-21(25)15-26-11-8-20(24-26)18-6-4-5-17(13-18)19-7-9-22-14-16(19)2/h4-14H,3,15H2,1-2H3. The minimum absolute atomic E-state index is 0.671. The minimum atomic E-state index is 0.671. The van der Waals surface area contributed by atoms with Crippen molar-refractivity contribution < 1.29 is 0 Å². The molecule has 3 aromatic heterocycles. The summed E-state index contributed by atoms with van der Waals surface area (Å²) in [5, 5.41) is 4.74. The van der Waals surface area contributed by atoms with Gasteiger partial charge in [0.1, 0.15) is 5.82 Å². The fourth-order valence-electron chi connectivity index (χ4n) is 3.17. The Balaban J connectivity index is 1.62. The average molecular weight is 343 g/mol. The smallest absolute Gasteiger partial charge is 0.130 e. The zero-order valence-electron chi connectivity index (χ0n) is 15.0. The van der Waals surface area contributed by atoms with E-state index in [9.17, 15) is 0 Å². The van der Waals surface area contributed by atoms with E-state index in [1.807, 2.05) is 35.7 Å².